The maximum atomic E-state index is 14.0. The van der Waals surface area contributed by atoms with Gasteiger partial charge in [0.05, 0.1) is 13.5 Å². The number of rotatable bonds is 13. The molecule has 1 aromatic rings. The summed E-state index contributed by atoms with van der Waals surface area (Å²) >= 11 is 0. The molecule has 0 heterocycles. The van der Waals surface area contributed by atoms with E-state index in [9.17, 15) is 24.0 Å². The van der Waals surface area contributed by atoms with E-state index in [0.29, 0.717) is 12.0 Å². The van der Waals surface area contributed by atoms with Gasteiger partial charge in [-0.15, -0.1) is 0 Å². The summed E-state index contributed by atoms with van der Waals surface area (Å²) in [6, 6.07) is 2.98. The molecule has 4 amide bonds. The molecule has 0 aliphatic rings. The summed E-state index contributed by atoms with van der Waals surface area (Å²) in [5, 5.41) is 4.99. The first-order chi connectivity index (χ1) is 17.7. The fourth-order valence-corrected chi connectivity index (χ4v) is 3.78. The van der Waals surface area contributed by atoms with Crippen molar-refractivity contribution in [1.82, 2.24) is 15.5 Å². The number of unbranched alkanes of at least 4 members (excludes halogenated alkanes) is 2. The zero-order valence-electron chi connectivity index (χ0n) is 23.5. The van der Waals surface area contributed by atoms with Crippen LogP contribution in [0.15, 0.2) is 18.2 Å². The number of carbonyl (C=O) groups is 5. The van der Waals surface area contributed by atoms with Gasteiger partial charge in [-0.2, -0.15) is 0 Å². The summed E-state index contributed by atoms with van der Waals surface area (Å²) in [6.45, 7) is 10.4. The van der Waals surface area contributed by atoms with Gasteiger partial charge in [0.25, 0.3) is 0 Å². The van der Waals surface area contributed by atoms with E-state index < -0.39 is 60.4 Å². The van der Waals surface area contributed by atoms with Gasteiger partial charge in [0.15, 0.2) is 0 Å². The van der Waals surface area contributed by atoms with Crippen molar-refractivity contribution in [2.45, 2.75) is 84.9 Å². The molecule has 212 valence electrons. The molecular weight excluding hydrogens is 492 g/mol. The van der Waals surface area contributed by atoms with Crippen molar-refractivity contribution in [2.75, 3.05) is 20.2 Å². The van der Waals surface area contributed by atoms with E-state index >= 15 is 0 Å². The molecule has 11 nitrogen and oxygen atoms in total. The molecule has 2 unspecified atom stereocenters. The summed E-state index contributed by atoms with van der Waals surface area (Å²) in [5.41, 5.74) is 6.72. The van der Waals surface area contributed by atoms with Crippen LogP contribution in [0.4, 0.5) is 4.79 Å². The van der Waals surface area contributed by atoms with Crippen LogP contribution in [0.2, 0.25) is 0 Å². The number of primary amides is 1. The molecule has 0 aliphatic heterocycles. The van der Waals surface area contributed by atoms with Gasteiger partial charge in [-0.1, -0.05) is 43.5 Å². The van der Waals surface area contributed by atoms with Gasteiger partial charge < -0.3 is 30.7 Å². The number of hydrogen-bond acceptors (Lipinski definition) is 7. The lowest BCUT2D eigenvalue weighted by Gasteiger charge is -2.35. The first kappa shape index (κ1) is 32.4. The second kappa shape index (κ2) is 14.9. The van der Waals surface area contributed by atoms with Gasteiger partial charge in [0.1, 0.15) is 24.2 Å². The third-order valence-electron chi connectivity index (χ3n) is 5.60. The van der Waals surface area contributed by atoms with Crippen molar-refractivity contribution in [3.63, 3.8) is 0 Å². The Morgan fingerprint density at radius 3 is 2.29 bits per heavy atom. The average molecular weight is 535 g/mol. The Balaban J connectivity index is 3.58. The highest BCUT2D eigenvalue weighted by Crippen LogP contribution is 2.27. The van der Waals surface area contributed by atoms with Crippen LogP contribution >= 0.6 is 0 Å². The lowest BCUT2D eigenvalue weighted by Crippen LogP contribution is -2.54. The smallest absolute Gasteiger partial charge is 0.408 e. The summed E-state index contributed by atoms with van der Waals surface area (Å²) in [5.74, 6) is -2.75. The van der Waals surface area contributed by atoms with Gasteiger partial charge in [0.2, 0.25) is 17.7 Å². The second-order valence-electron chi connectivity index (χ2n) is 10.2. The quantitative estimate of drug-likeness (QED) is 0.259. The maximum absolute atomic E-state index is 14.0. The fourth-order valence-electron chi connectivity index (χ4n) is 3.78. The highest BCUT2D eigenvalue weighted by Gasteiger charge is 2.37. The van der Waals surface area contributed by atoms with Gasteiger partial charge >= 0.3 is 12.1 Å². The Kier molecular flexibility index (Phi) is 12.7. The number of nitrogens with one attached hydrogen (secondary N) is 2. The summed E-state index contributed by atoms with van der Waals surface area (Å²) in [7, 11) is 1.20. The van der Waals surface area contributed by atoms with Crippen LogP contribution in [-0.2, 0) is 28.7 Å². The molecule has 4 N–H and O–H groups in total. The van der Waals surface area contributed by atoms with E-state index in [0.717, 1.165) is 24.0 Å². The molecule has 11 heteroatoms. The number of nitrogens with two attached hydrogens (primary N) is 1. The molecule has 0 aliphatic carbocycles. The predicted octanol–water partition coefficient (Wildman–Crippen LogP) is 2.42. The molecule has 0 saturated heterocycles. The third-order valence-corrected chi connectivity index (χ3v) is 5.60. The predicted molar refractivity (Wildman–Crippen MR) is 142 cm³/mol. The average Bonchev–Trinajstić information content (AvgIpc) is 2.81. The molecule has 1 aromatic carbocycles. The highest BCUT2D eigenvalue weighted by atomic mass is 16.6. The number of methoxy groups -OCH3 is 1. The number of esters is 1. The van der Waals surface area contributed by atoms with Gasteiger partial charge in [-0.05, 0) is 52.2 Å². The number of nitrogens with zero attached hydrogens (tertiary/aromatic N) is 1. The number of benzene rings is 1. The zero-order chi connectivity index (χ0) is 29.0. The lowest BCUT2D eigenvalue weighted by atomic mass is 9.95. The number of carbonyl (C=O) groups excluding carboxylic acids is 5. The topological polar surface area (TPSA) is 157 Å². The largest absolute Gasteiger partial charge is 0.468 e. The van der Waals surface area contributed by atoms with Crippen molar-refractivity contribution >= 4 is 29.8 Å². The number of hydrogen-bond donors (Lipinski definition) is 3. The van der Waals surface area contributed by atoms with E-state index in [2.05, 4.69) is 15.4 Å². The van der Waals surface area contributed by atoms with E-state index in [1.54, 1.807) is 26.8 Å². The third kappa shape index (κ3) is 10.8. The van der Waals surface area contributed by atoms with Crippen LogP contribution in [0.25, 0.3) is 0 Å². The van der Waals surface area contributed by atoms with Crippen molar-refractivity contribution in [3.8, 4) is 0 Å². The molecule has 0 bridgehead atoms. The van der Waals surface area contributed by atoms with Crippen molar-refractivity contribution in [2.24, 2.45) is 5.73 Å². The number of ether oxygens (including phenoxy) is 2. The SMILES string of the molecule is CCCCCN(C(=O)C(CC(N)=O)NC(=O)OC(C)(C)C)C(C(=O)NCC(=O)OC)c1cc(C)ccc1C. The van der Waals surface area contributed by atoms with Crippen LogP contribution in [0.3, 0.4) is 0 Å². The summed E-state index contributed by atoms with van der Waals surface area (Å²) in [4.78, 5) is 65.0. The normalized spacial score (nSPS) is 12.6. The molecule has 0 aromatic heterocycles. The van der Waals surface area contributed by atoms with Gasteiger partial charge in [-0.3, -0.25) is 19.2 Å². The molecule has 0 spiro atoms. The Morgan fingerprint density at radius 1 is 1.08 bits per heavy atom. The van der Waals surface area contributed by atoms with E-state index in [1.165, 1.54) is 12.0 Å². The number of amides is 4. The van der Waals surface area contributed by atoms with E-state index in [4.69, 9.17) is 10.5 Å². The van der Waals surface area contributed by atoms with E-state index in [-0.39, 0.29) is 6.54 Å². The summed E-state index contributed by atoms with van der Waals surface area (Å²) < 4.78 is 9.91. The van der Waals surface area contributed by atoms with Crippen LogP contribution < -0.4 is 16.4 Å². The molecule has 1 rings (SSSR count). The minimum Gasteiger partial charge on any atom is -0.468 e. The Hall–Kier alpha value is -3.63. The van der Waals surface area contributed by atoms with Crippen LogP contribution in [0.5, 0.6) is 0 Å². The minimum atomic E-state index is -1.37. The van der Waals surface area contributed by atoms with Gasteiger partial charge in [0, 0.05) is 6.54 Å². The first-order valence-electron chi connectivity index (χ1n) is 12.7. The Morgan fingerprint density at radius 2 is 1.74 bits per heavy atom. The van der Waals surface area contributed by atoms with Crippen molar-refractivity contribution in [1.29, 1.82) is 0 Å². The van der Waals surface area contributed by atoms with Crippen molar-refractivity contribution < 1.29 is 33.4 Å². The molecule has 0 radical (unpaired) electrons. The first-order valence-corrected chi connectivity index (χ1v) is 12.7. The van der Waals surface area contributed by atoms with Gasteiger partial charge in [-0.25, -0.2) is 4.79 Å². The van der Waals surface area contributed by atoms with Crippen molar-refractivity contribution in [3.05, 3.63) is 34.9 Å². The van der Waals surface area contributed by atoms with Crippen LogP contribution in [0, 0.1) is 13.8 Å². The summed E-state index contributed by atoms with van der Waals surface area (Å²) in [6.07, 6.45) is 0.789. The number of aryl methyl sites for hydroxylation is 2. The Bertz CT molecular complexity index is 1000. The Labute approximate surface area is 224 Å². The van der Waals surface area contributed by atoms with Crippen LogP contribution in [-0.4, -0.2) is 66.5 Å². The second-order valence-corrected chi connectivity index (χ2v) is 10.2. The molecule has 0 saturated carbocycles. The monoisotopic (exact) mass is 534 g/mol. The van der Waals surface area contributed by atoms with E-state index in [1.807, 2.05) is 32.9 Å². The minimum absolute atomic E-state index is 0.154. The van der Waals surface area contributed by atoms with Crippen LogP contribution in [0.1, 0.15) is 76.1 Å². The molecule has 0 fully saturated rings. The molecule has 38 heavy (non-hydrogen) atoms. The molecule has 2 atom stereocenters. The zero-order valence-corrected chi connectivity index (χ0v) is 23.5. The standard InChI is InChI=1S/C27H42N4O7/c1-8-9-10-13-31(25(35)20(15-21(28)32)30-26(36)38-27(4,5)6)23(24(34)29-16-22(33)37-7)19-14-17(2)11-12-18(19)3/h11-12,14,20,23H,8-10,13,15-16H2,1-7H3,(H2,28,32)(H,29,34)(H,30,36). The lowest BCUT2D eigenvalue weighted by molar-refractivity contribution is -0.145. The fraction of sp³-hybridized carbons (Fsp3) is 0.593. The highest BCUT2D eigenvalue weighted by molar-refractivity contribution is 5.95. The maximum Gasteiger partial charge on any atom is 0.408 e. The number of alkyl carbamates (subject to hydrolysis) is 1. The molecular formula is C27H42N4O7.